The molecule has 0 unspecified atom stereocenters. The highest BCUT2D eigenvalue weighted by molar-refractivity contribution is 6.02. The molecule has 0 bridgehead atoms. The summed E-state index contributed by atoms with van der Waals surface area (Å²) >= 11 is 0. The summed E-state index contributed by atoms with van der Waals surface area (Å²) in [4.78, 5) is 11.4. The summed E-state index contributed by atoms with van der Waals surface area (Å²) in [5.74, 6) is 0.153. The first-order valence-corrected chi connectivity index (χ1v) is 6.44. The fourth-order valence-electron chi connectivity index (χ4n) is 2.18. The molecule has 2 N–H and O–H groups in total. The van der Waals surface area contributed by atoms with Crippen LogP contribution in [0.25, 0.3) is 10.9 Å². The van der Waals surface area contributed by atoms with Crippen LogP contribution in [0.5, 0.6) is 5.88 Å². The quantitative estimate of drug-likeness (QED) is 0.714. The Balaban J connectivity index is 1.90. The summed E-state index contributed by atoms with van der Waals surface area (Å²) in [6.07, 6.45) is 5.23. The van der Waals surface area contributed by atoms with E-state index in [2.05, 4.69) is 15.0 Å². The lowest BCUT2D eigenvalue weighted by atomic mass is 10.1. The van der Waals surface area contributed by atoms with E-state index in [1.807, 2.05) is 37.3 Å². The van der Waals surface area contributed by atoms with Crippen molar-refractivity contribution in [3.8, 4) is 5.88 Å². The van der Waals surface area contributed by atoms with Crippen LogP contribution in [0.2, 0.25) is 0 Å². The molecule has 20 heavy (non-hydrogen) atoms. The standard InChI is InChI=1S/C16H15N3O/c1-11-4-5-15-13(7-11)14(16(20)19-15)10-18-9-12-3-2-6-17-8-12/h2-8,10,19-20H,9H2,1H3. The summed E-state index contributed by atoms with van der Waals surface area (Å²) < 4.78 is 0. The zero-order valence-corrected chi connectivity index (χ0v) is 11.2. The number of aryl methyl sites for hydroxylation is 1. The van der Waals surface area contributed by atoms with E-state index >= 15 is 0 Å². The zero-order valence-electron chi connectivity index (χ0n) is 11.2. The number of nitrogens with zero attached hydrogens (tertiary/aromatic N) is 2. The number of aromatic hydroxyl groups is 1. The molecule has 4 nitrogen and oxygen atoms in total. The van der Waals surface area contributed by atoms with Crippen molar-refractivity contribution >= 4 is 17.1 Å². The van der Waals surface area contributed by atoms with Gasteiger partial charge in [-0.1, -0.05) is 17.7 Å². The van der Waals surface area contributed by atoms with Gasteiger partial charge in [-0.25, -0.2) is 0 Å². The van der Waals surface area contributed by atoms with Gasteiger partial charge < -0.3 is 10.1 Å². The number of benzene rings is 1. The normalized spacial score (nSPS) is 11.4. The van der Waals surface area contributed by atoms with Gasteiger partial charge in [0, 0.05) is 29.5 Å². The Hall–Kier alpha value is -2.62. The van der Waals surface area contributed by atoms with Gasteiger partial charge in [0.1, 0.15) is 0 Å². The SMILES string of the molecule is Cc1ccc2[nH]c(O)c(C=NCc3cccnc3)c2c1. The van der Waals surface area contributed by atoms with Crippen molar-refractivity contribution in [1.82, 2.24) is 9.97 Å². The fourth-order valence-corrected chi connectivity index (χ4v) is 2.18. The molecule has 0 radical (unpaired) electrons. The van der Waals surface area contributed by atoms with E-state index in [-0.39, 0.29) is 5.88 Å². The molecule has 0 atom stereocenters. The molecular weight excluding hydrogens is 250 g/mol. The molecule has 4 heteroatoms. The minimum Gasteiger partial charge on any atom is -0.494 e. The predicted octanol–water partition coefficient (Wildman–Crippen LogP) is 3.20. The van der Waals surface area contributed by atoms with Crippen LogP contribution in [0.15, 0.2) is 47.7 Å². The Morgan fingerprint density at radius 2 is 2.25 bits per heavy atom. The first-order chi connectivity index (χ1) is 9.74. The smallest absolute Gasteiger partial charge is 0.198 e. The molecule has 1 aromatic carbocycles. The van der Waals surface area contributed by atoms with Gasteiger partial charge in [0.05, 0.1) is 12.1 Å². The molecule has 0 spiro atoms. The van der Waals surface area contributed by atoms with Crippen LogP contribution in [0, 0.1) is 6.92 Å². The van der Waals surface area contributed by atoms with Crippen molar-refractivity contribution in [3.63, 3.8) is 0 Å². The van der Waals surface area contributed by atoms with E-state index in [1.54, 1.807) is 18.6 Å². The van der Waals surface area contributed by atoms with Crippen molar-refractivity contribution in [2.45, 2.75) is 13.5 Å². The van der Waals surface area contributed by atoms with Crippen molar-refractivity contribution in [2.75, 3.05) is 0 Å². The highest BCUT2D eigenvalue weighted by atomic mass is 16.3. The Morgan fingerprint density at radius 3 is 3.05 bits per heavy atom. The Bertz CT molecular complexity index is 760. The molecular formula is C16H15N3O. The summed E-state index contributed by atoms with van der Waals surface area (Å²) in [5.41, 5.74) is 3.83. The largest absolute Gasteiger partial charge is 0.494 e. The third-order valence-electron chi connectivity index (χ3n) is 3.19. The number of nitrogens with one attached hydrogen (secondary N) is 1. The van der Waals surface area contributed by atoms with Gasteiger partial charge in [-0.15, -0.1) is 0 Å². The van der Waals surface area contributed by atoms with Crippen LogP contribution < -0.4 is 0 Å². The molecule has 3 aromatic rings. The van der Waals surface area contributed by atoms with Crippen LogP contribution in [0.4, 0.5) is 0 Å². The first-order valence-electron chi connectivity index (χ1n) is 6.44. The molecule has 0 aliphatic heterocycles. The molecule has 0 fully saturated rings. The van der Waals surface area contributed by atoms with Crippen LogP contribution in [-0.4, -0.2) is 21.3 Å². The van der Waals surface area contributed by atoms with Gasteiger partial charge in [-0.2, -0.15) is 0 Å². The van der Waals surface area contributed by atoms with Gasteiger partial charge in [-0.3, -0.25) is 9.98 Å². The highest BCUT2D eigenvalue weighted by Gasteiger charge is 2.08. The Morgan fingerprint density at radius 1 is 1.35 bits per heavy atom. The second kappa shape index (κ2) is 5.17. The monoisotopic (exact) mass is 265 g/mol. The molecule has 3 rings (SSSR count). The van der Waals surface area contributed by atoms with Gasteiger partial charge in [0.15, 0.2) is 5.88 Å². The third kappa shape index (κ3) is 2.40. The highest BCUT2D eigenvalue weighted by Crippen LogP contribution is 2.26. The average molecular weight is 265 g/mol. The summed E-state index contributed by atoms with van der Waals surface area (Å²) in [7, 11) is 0. The number of aliphatic imine (C=N–C) groups is 1. The predicted molar refractivity (Wildman–Crippen MR) is 80.2 cm³/mol. The van der Waals surface area contributed by atoms with Crippen molar-refractivity contribution in [3.05, 3.63) is 59.4 Å². The van der Waals surface area contributed by atoms with Crippen LogP contribution in [-0.2, 0) is 6.54 Å². The van der Waals surface area contributed by atoms with Gasteiger partial charge >= 0.3 is 0 Å². The van der Waals surface area contributed by atoms with Gasteiger partial charge in [0.25, 0.3) is 0 Å². The minimum absolute atomic E-state index is 0.153. The van der Waals surface area contributed by atoms with Crippen LogP contribution in [0.1, 0.15) is 16.7 Å². The Kier molecular flexibility index (Phi) is 3.21. The number of aromatic amines is 1. The van der Waals surface area contributed by atoms with E-state index < -0.39 is 0 Å². The molecule has 2 heterocycles. The summed E-state index contributed by atoms with van der Waals surface area (Å²) in [6.45, 7) is 2.58. The van der Waals surface area contributed by atoms with E-state index in [0.717, 1.165) is 27.6 Å². The molecule has 0 aliphatic rings. The number of aromatic nitrogens is 2. The van der Waals surface area contributed by atoms with E-state index in [0.29, 0.717) is 6.54 Å². The van der Waals surface area contributed by atoms with E-state index in [4.69, 9.17) is 0 Å². The fraction of sp³-hybridized carbons (Fsp3) is 0.125. The summed E-state index contributed by atoms with van der Waals surface area (Å²) in [5, 5.41) is 10.9. The lowest BCUT2D eigenvalue weighted by molar-refractivity contribution is 0.457. The molecule has 2 aromatic heterocycles. The second-order valence-corrected chi connectivity index (χ2v) is 4.77. The average Bonchev–Trinajstić information content (AvgIpc) is 2.76. The molecule has 100 valence electrons. The number of hydrogen-bond donors (Lipinski definition) is 2. The number of pyridine rings is 1. The maximum atomic E-state index is 9.96. The topological polar surface area (TPSA) is 61.3 Å². The van der Waals surface area contributed by atoms with Crippen molar-refractivity contribution < 1.29 is 5.11 Å². The molecule has 0 aliphatic carbocycles. The number of rotatable bonds is 3. The maximum absolute atomic E-state index is 9.96. The van der Waals surface area contributed by atoms with Crippen LogP contribution in [0.3, 0.4) is 0 Å². The number of H-pyrrole nitrogens is 1. The van der Waals surface area contributed by atoms with E-state index in [9.17, 15) is 5.11 Å². The van der Waals surface area contributed by atoms with Crippen molar-refractivity contribution in [2.24, 2.45) is 4.99 Å². The second-order valence-electron chi connectivity index (χ2n) is 4.77. The lowest BCUT2D eigenvalue weighted by Gasteiger charge is -1.96. The molecule has 0 saturated heterocycles. The van der Waals surface area contributed by atoms with Crippen molar-refractivity contribution in [1.29, 1.82) is 0 Å². The first kappa shape index (κ1) is 12.4. The van der Waals surface area contributed by atoms with Gasteiger partial charge in [-0.05, 0) is 30.7 Å². The number of hydrogen-bond acceptors (Lipinski definition) is 3. The molecule has 0 saturated carbocycles. The molecule has 0 amide bonds. The van der Waals surface area contributed by atoms with Crippen LogP contribution >= 0.6 is 0 Å². The van der Waals surface area contributed by atoms with Gasteiger partial charge in [0.2, 0.25) is 0 Å². The maximum Gasteiger partial charge on any atom is 0.198 e. The summed E-state index contributed by atoms with van der Waals surface area (Å²) in [6, 6.07) is 9.87. The van der Waals surface area contributed by atoms with E-state index in [1.165, 1.54) is 0 Å². The number of fused-ring (bicyclic) bond motifs is 1. The zero-order chi connectivity index (χ0) is 13.9. The minimum atomic E-state index is 0.153. The lowest BCUT2D eigenvalue weighted by Crippen LogP contribution is -1.85. The Labute approximate surface area is 116 Å². The third-order valence-corrected chi connectivity index (χ3v) is 3.19.